The van der Waals surface area contributed by atoms with E-state index in [0.29, 0.717) is 6.61 Å². The van der Waals surface area contributed by atoms with Gasteiger partial charge < -0.3 is 14.2 Å². The van der Waals surface area contributed by atoms with Gasteiger partial charge in [0.15, 0.2) is 0 Å². The van der Waals surface area contributed by atoms with Crippen molar-refractivity contribution in [2.75, 3.05) is 32.8 Å². The predicted octanol–water partition coefficient (Wildman–Crippen LogP) is 4.16. The molecule has 0 spiro atoms. The third-order valence-electron chi connectivity index (χ3n) is 5.77. The van der Waals surface area contributed by atoms with Crippen molar-refractivity contribution < 1.29 is 14.2 Å². The molecule has 1 saturated heterocycles. The van der Waals surface area contributed by atoms with Crippen molar-refractivity contribution in [1.29, 1.82) is 0 Å². The number of ether oxygens (including phenoxy) is 3. The molecule has 4 heteroatoms. The summed E-state index contributed by atoms with van der Waals surface area (Å²) >= 11 is 0. The van der Waals surface area contributed by atoms with E-state index in [4.69, 9.17) is 14.2 Å². The molecule has 0 bridgehead atoms. The molecule has 3 aliphatic heterocycles. The van der Waals surface area contributed by atoms with E-state index in [-0.39, 0.29) is 12.0 Å². The lowest BCUT2D eigenvalue weighted by Crippen LogP contribution is -2.33. The van der Waals surface area contributed by atoms with E-state index in [2.05, 4.69) is 23.1 Å². The van der Waals surface area contributed by atoms with Gasteiger partial charge in [-0.1, -0.05) is 24.6 Å². The summed E-state index contributed by atoms with van der Waals surface area (Å²) in [6, 6.07) is 14.5. The summed E-state index contributed by atoms with van der Waals surface area (Å²) in [5.41, 5.74) is 2.38. The maximum atomic E-state index is 6.21. The van der Waals surface area contributed by atoms with Crippen LogP contribution in [0.2, 0.25) is 0 Å². The van der Waals surface area contributed by atoms with E-state index in [9.17, 15) is 0 Å². The fourth-order valence-corrected chi connectivity index (χ4v) is 4.35. The van der Waals surface area contributed by atoms with Gasteiger partial charge in [-0.2, -0.15) is 0 Å². The quantitative estimate of drug-likeness (QED) is 0.828. The SMILES string of the molecule is c1ccc2c(c1)O[C@@H]1c3ccc(OCCN4CCCCC4)cc3OC[C@H]21. The smallest absolute Gasteiger partial charge is 0.138 e. The Morgan fingerprint density at radius 3 is 2.77 bits per heavy atom. The molecule has 4 nitrogen and oxygen atoms in total. The molecule has 0 saturated carbocycles. The highest BCUT2D eigenvalue weighted by Gasteiger charge is 2.40. The molecule has 0 amide bonds. The summed E-state index contributed by atoms with van der Waals surface area (Å²) < 4.78 is 18.3. The Hall–Kier alpha value is -2.20. The maximum absolute atomic E-state index is 6.21. The number of para-hydroxylation sites is 1. The Balaban J connectivity index is 1.26. The Kier molecular flexibility index (Phi) is 4.21. The molecule has 0 unspecified atom stereocenters. The molecule has 2 aromatic rings. The third-order valence-corrected chi connectivity index (χ3v) is 5.77. The molecule has 26 heavy (non-hydrogen) atoms. The topological polar surface area (TPSA) is 30.9 Å². The average molecular weight is 351 g/mol. The van der Waals surface area contributed by atoms with E-state index in [1.165, 1.54) is 37.9 Å². The zero-order valence-electron chi connectivity index (χ0n) is 15.0. The molecule has 1 fully saturated rings. The minimum absolute atomic E-state index is 0.0542. The molecule has 2 atom stereocenters. The van der Waals surface area contributed by atoms with Gasteiger partial charge in [-0.05, 0) is 44.1 Å². The van der Waals surface area contributed by atoms with Crippen molar-refractivity contribution in [3.8, 4) is 17.2 Å². The second-order valence-corrected chi connectivity index (χ2v) is 7.44. The minimum Gasteiger partial charge on any atom is -0.492 e. The molecule has 5 rings (SSSR count). The van der Waals surface area contributed by atoms with E-state index in [1.54, 1.807) is 0 Å². The number of nitrogens with zero attached hydrogens (tertiary/aromatic N) is 1. The highest BCUT2D eigenvalue weighted by Crippen LogP contribution is 2.51. The molecule has 2 aromatic carbocycles. The van der Waals surface area contributed by atoms with Crippen molar-refractivity contribution >= 4 is 0 Å². The summed E-state index contributed by atoms with van der Waals surface area (Å²) in [4.78, 5) is 2.49. The zero-order chi connectivity index (χ0) is 17.3. The second kappa shape index (κ2) is 6.84. The molecule has 0 N–H and O–H groups in total. The Morgan fingerprint density at radius 2 is 1.85 bits per heavy atom. The lowest BCUT2D eigenvalue weighted by Gasteiger charge is -2.28. The van der Waals surface area contributed by atoms with Crippen LogP contribution in [0, 0.1) is 0 Å². The Labute approximate surface area is 154 Å². The average Bonchev–Trinajstić information content (AvgIpc) is 3.08. The summed E-state index contributed by atoms with van der Waals surface area (Å²) in [5, 5.41) is 0. The molecular formula is C22H25NO3. The molecule has 0 radical (unpaired) electrons. The van der Waals surface area contributed by atoms with E-state index >= 15 is 0 Å². The Morgan fingerprint density at radius 1 is 0.962 bits per heavy atom. The maximum Gasteiger partial charge on any atom is 0.138 e. The van der Waals surface area contributed by atoms with E-state index in [0.717, 1.165) is 36.0 Å². The van der Waals surface area contributed by atoms with Gasteiger partial charge in [0, 0.05) is 23.7 Å². The normalized spacial score (nSPS) is 24.0. The molecule has 3 heterocycles. The van der Waals surface area contributed by atoms with Crippen LogP contribution in [0.25, 0.3) is 0 Å². The highest BCUT2D eigenvalue weighted by molar-refractivity contribution is 5.50. The summed E-state index contributed by atoms with van der Waals surface area (Å²) in [5.74, 6) is 3.05. The van der Waals surface area contributed by atoms with Crippen LogP contribution < -0.4 is 14.2 Å². The summed E-state index contributed by atoms with van der Waals surface area (Å²) in [7, 11) is 0. The second-order valence-electron chi connectivity index (χ2n) is 7.44. The first-order valence-corrected chi connectivity index (χ1v) is 9.76. The van der Waals surface area contributed by atoms with Gasteiger partial charge in [0.25, 0.3) is 0 Å². The molecule has 0 aromatic heterocycles. The Bertz CT molecular complexity index is 785. The number of hydrogen-bond donors (Lipinski definition) is 0. The monoisotopic (exact) mass is 351 g/mol. The van der Waals surface area contributed by atoms with Gasteiger partial charge in [0.2, 0.25) is 0 Å². The molecular weight excluding hydrogens is 326 g/mol. The van der Waals surface area contributed by atoms with Crippen LogP contribution in [0.15, 0.2) is 42.5 Å². The third kappa shape index (κ3) is 2.92. The van der Waals surface area contributed by atoms with Crippen LogP contribution in [-0.2, 0) is 0 Å². The number of rotatable bonds is 4. The van der Waals surface area contributed by atoms with Gasteiger partial charge in [-0.25, -0.2) is 0 Å². The van der Waals surface area contributed by atoms with Gasteiger partial charge in [-0.3, -0.25) is 4.90 Å². The van der Waals surface area contributed by atoms with Crippen molar-refractivity contribution in [3.63, 3.8) is 0 Å². The molecule has 3 aliphatic rings. The van der Waals surface area contributed by atoms with Crippen LogP contribution in [0.4, 0.5) is 0 Å². The fraction of sp³-hybridized carbons (Fsp3) is 0.455. The largest absolute Gasteiger partial charge is 0.492 e. The van der Waals surface area contributed by atoms with E-state index in [1.807, 2.05) is 24.3 Å². The van der Waals surface area contributed by atoms with Gasteiger partial charge in [-0.15, -0.1) is 0 Å². The van der Waals surface area contributed by atoms with Crippen LogP contribution >= 0.6 is 0 Å². The van der Waals surface area contributed by atoms with Crippen molar-refractivity contribution in [3.05, 3.63) is 53.6 Å². The first kappa shape index (κ1) is 16.0. The number of piperidine rings is 1. The zero-order valence-corrected chi connectivity index (χ0v) is 15.0. The number of hydrogen-bond acceptors (Lipinski definition) is 4. The number of benzene rings is 2. The highest BCUT2D eigenvalue weighted by atomic mass is 16.5. The summed E-state index contributed by atoms with van der Waals surface area (Å²) in [6.45, 7) is 4.80. The molecule has 0 aliphatic carbocycles. The van der Waals surface area contributed by atoms with Crippen molar-refractivity contribution in [2.45, 2.75) is 31.3 Å². The first-order valence-electron chi connectivity index (χ1n) is 9.76. The fourth-order valence-electron chi connectivity index (χ4n) is 4.35. The predicted molar refractivity (Wildman–Crippen MR) is 100 cm³/mol. The van der Waals surface area contributed by atoms with Crippen LogP contribution in [0.1, 0.15) is 42.4 Å². The van der Waals surface area contributed by atoms with Gasteiger partial charge in [0.1, 0.15) is 30.0 Å². The number of fused-ring (bicyclic) bond motifs is 5. The lowest BCUT2D eigenvalue weighted by atomic mass is 9.89. The standard InChI is InChI=1S/C22H25NO3/c1-4-10-23(11-5-1)12-13-24-16-8-9-18-21(14-16)25-15-19-17-6-2-3-7-20(17)26-22(18)19/h2-3,6-9,14,19,22H,1,4-5,10-13,15H2/t19-,22-/m1/s1. The van der Waals surface area contributed by atoms with Gasteiger partial charge in [0.05, 0.1) is 12.5 Å². The van der Waals surface area contributed by atoms with Crippen LogP contribution in [0.5, 0.6) is 17.2 Å². The lowest BCUT2D eigenvalue weighted by molar-refractivity contribution is 0.138. The van der Waals surface area contributed by atoms with Crippen molar-refractivity contribution in [2.24, 2.45) is 0 Å². The molecule has 136 valence electrons. The number of likely N-dealkylation sites (tertiary alicyclic amines) is 1. The van der Waals surface area contributed by atoms with Crippen LogP contribution in [-0.4, -0.2) is 37.7 Å². The summed E-state index contributed by atoms with van der Waals surface area (Å²) in [6.07, 6.45) is 4.06. The van der Waals surface area contributed by atoms with Gasteiger partial charge >= 0.3 is 0 Å². The van der Waals surface area contributed by atoms with Crippen molar-refractivity contribution in [1.82, 2.24) is 4.90 Å². The van der Waals surface area contributed by atoms with E-state index < -0.39 is 0 Å². The first-order chi connectivity index (χ1) is 12.9. The van der Waals surface area contributed by atoms with Crippen LogP contribution in [0.3, 0.4) is 0 Å². The minimum atomic E-state index is 0.0542.